The van der Waals surface area contributed by atoms with Crippen LogP contribution in [0.5, 0.6) is 0 Å². The van der Waals surface area contributed by atoms with Gasteiger partial charge in [0.05, 0.1) is 13.2 Å². The summed E-state index contributed by atoms with van der Waals surface area (Å²) >= 11 is 5.68. The highest BCUT2D eigenvalue weighted by Crippen LogP contribution is 2.35. The van der Waals surface area contributed by atoms with Crippen LogP contribution in [0, 0.1) is 5.92 Å². The van der Waals surface area contributed by atoms with E-state index >= 15 is 0 Å². The van der Waals surface area contributed by atoms with Crippen LogP contribution in [-0.2, 0) is 4.74 Å². The van der Waals surface area contributed by atoms with Crippen LogP contribution in [0.4, 0.5) is 0 Å². The lowest BCUT2D eigenvalue weighted by atomic mass is 9.78. The molecule has 0 aromatic rings. The Morgan fingerprint density at radius 3 is 2.67 bits per heavy atom. The van der Waals surface area contributed by atoms with Crippen molar-refractivity contribution in [3.8, 4) is 0 Å². The lowest BCUT2D eigenvalue weighted by molar-refractivity contribution is 0.0387. The van der Waals surface area contributed by atoms with Crippen molar-refractivity contribution in [3.63, 3.8) is 0 Å². The fraction of sp³-hybridized carbons (Fsp3) is 0.938. The third kappa shape index (κ3) is 4.08. The largest absolute Gasteiger partial charge is 0.379 e. The first-order valence-electron chi connectivity index (χ1n) is 8.69. The first-order chi connectivity index (χ1) is 10.3. The minimum atomic E-state index is 0.718. The molecule has 1 N–H and O–H groups in total. The summed E-state index contributed by atoms with van der Waals surface area (Å²) in [5, 5.41) is 4.51. The molecule has 0 bridgehead atoms. The molecule has 0 spiro atoms. The zero-order chi connectivity index (χ0) is 14.5. The van der Waals surface area contributed by atoms with E-state index < -0.39 is 0 Å². The number of rotatable bonds is 3. The molecular weight excluding hydrogens is 282 g/mol. The minimum absolute atomic E-state index is 0.718. The fourth-order valence-electron chi connectivity index (χ4n) is 4.12. The van der Waals surface area contributed by atoms with E-state index in [1.54, 1.807) is 0 Å². The standard InChI is InChI=1S/C16H29N3OS/c21-16(17-7-9-18-10-12-20-13-11-18)19-8-3-5-14-4-1-2-6-15(14)19/h14-15H,1-13H2,(H,17,21)/t14-,15-/m1/s1. The lowest BCUT2D eigenvalue weighted by Gasteiger charge is -2.45. The Balaban J connectivity index is 1.43. The van der Waals surface area contributed by atoms with Crippen LogP contribution in [0.3, 0.4) is 0 Å². The molecule has 3 fully saturated rings. The summed E-state index contributed by atoms with van der Waals surface area (Å²) < 4.78 is 5.39. The molecule has 2 atom stereocenters. The SMILES string of the molecule is S=C(NCCN1CCOCC1)N1CCC[C@H]2CCCC[C@H]21. The zero-order valence-corrected chi connectivity index (χ0v) is 13.9. The highest BCUT2D eigenvalue weighted by Gasteiger charge is 2.34. The Morgan fingerprint density at radius 2 is 1.81 bits per heavy atom. The Morgan fingerprint density at radius 1 is 1.05 bits per heavy atom. The van der Waals surface area contributed by atoms with Crippen molar-refractivity contribution in [2.24, 2.45) is 5.92 Å². The van der Waals surface area contributed by atoms with E-state index in [1.807, 2.05) is 0 Å². The first kappa shape index (κ1) is 15.5. The van der Waals surface area contributed by atoms with Crippen molar-refractivity contribution in [1.29, 1.82) is 0 Å². The van der Waals surface area contributed by atoms with Gasteiger partial charge in [-0.1, -0.05) is 12.8 Å². The molecule has 4 nitrogen and oxygen atoms in total. The van der Waals surface area contributed by atoms with Crippen molar-refractivity contribution in [2.75, 3.05) is 45.9 Å². The monoisotopic (exact) mass is 311 g/mol. The molecule has 2 aliphatic heterocycles. The lowest BCUT2D eigenvalue weighted by Crippen LogP contribution is -2.54. The summed E-state index contributed by atoms with van der Waals surface area (Å²) in [7, 11) is 0. The van der Waals surface area contributed by atoms with Gasteiger partial charge >= 0.3 is 0 Å². The van der Waals surface area contributed by atoms with Crippen LogP contribution in [0.2, 0.25) is 0 Å². The number of thiocarbonyl (C=S) groups is 1. The van der Waals surface area contributed by atoms with Crippen LogP contribution in [0.25, 0.3) is 0 Å². The summed E-state index contributed by atoms with van der Waals surface area (Å²) in [4.78, 5) is 4.96. The third-order valence-electron chi connectivity index (χ3n) is 5.31. The Bertz CT molecular complexity index is 344. The van der Waals surface area contributed by atoms with Gasteiger partial charge in [-0.2, -0.15) is 0 Å². The Kier molecular flexibility index (Phi) is 5.72. The second-order valence-electron chi connectivity index (χ2n) is 6.63. The Hall–Kier alpha value is -0.390. The molecule has 2 heterocycles. The molecule has 5 heteroatoms. The quantitative estimate of drug-likeness (QED) is 0.803. The van der Waals surface area contributed by atoms with Gasteiger partial charge in [0.1, 0.15) is 0 Å². The molecule has 0 unspecified atom stereocenters. The number of ether oxygens (including phenoxy) is 1. The van der Waals surface area contributed by atoms with E-state index in [-0.39, 0.29) is 0 Å². The molecule has 3 aliphatic rings. The van der Waals surface area contributed by atoms with E-state index in [1.165, 1.54) is 38.5 Å². The van der Waals surface area contributed by atoms with Gasteiger partial charge in [-0.25, -0.2) is 0 Å². The summed E-state index contributed by atoms with van der Waals surface area (Å²) in [6.45, 7) is 7.06. The number of nitrogens with zero attached hydrogens (tertiary/aromatic N) is 2. The van der Waals surface area contributed by atoms with Crippen molar-refractivity contribution in [3.05, 3.63) is 0 Å². The van der Waals surface area contributed by atoms with E-state index in [0.717, 1.165) is 63.0 Å². The van der Waals surface area contributed by atoms with Gasteiger partial charge in [0.25, 0.3) is 0 Å². The van der Waals surface area contributed by atoms with E-state index in [9.17, 15) is 0 Å². The first-order valence-corrected chi connectivity index (χ1v) is 9.10. The number of hydrogen-bond acceptors (Lipinski definition) is 3. The van der Waals surface area contributed by atoms with Crippen LogP contribution in [0.15, 0.2) is 0 Å². The highest BCUT2D eigenvalue weighted by molar-refractivity contribution is 7.80. The van der Waals surface area contributed by atoms with Crippen LogP contribution in [-0.4, -0.2) is 66.9 Å². The number of hydrogen-bond donors (Lipinski definition) is 1. The maximum absolute atomic E-state index is 5.68. The summed E-state index contributed by atoms with van der Waals surface area (Å²) in [5.41, 5.74) is 0. The maximum atomic E-state index is 5.68. The van der Waals surface area contributed by atoms with Gasteiger partial charge in [-0.05, 0) is 43.8 Å². The van der Waals surface area contributed by atoms with Gasteiger partial charge in [-0.15, -0.1) is 0 Å². The predicted molar refractivity (Wildman–Crippen MR) is 89.5 cm³/mol. The number of morpholine rings is 1. The van der Waals surface area contributed by atoms with Crippen LogP contribution >= 0.6 is 12.2 Å². The molecule has 1 saturated carbocycles. The Labute approximate surface area is 134 Å². The highest BCUT2D eigenvalue weighted by atomic mass is 32.1. The van der Waals surface area contributed by atoms with Gasteiger partial charge in [0, 0.05) is 38.8 Å². The normalized spacial score (nSPS) is 30.8. The second kappa shape index (κ2) is 7.75. The van der Waals surface area contributed by atoms with Crippen LogP contribution in [0.1, 0.15) is 38.5 Å². The van der Waals surface area contributed by atoms with Gasteiger partial charge in [-0.3, -0.25) is 4.90 Å². The molecule has 2 saturated heterocycles. The second-order valence-corrected chi connectivity index (χ2v) is 7.02. The molecule has 0 aromatic carbocycles. The number of likely N-dealkylation sites (tertiary alicyclic amines) is 1. The van der Waals surface area contributed by atoms with Crippen molar-refractivity contribution in [1.82, 2.24) is 15.1 Å². The van der Waals surface area contributed by atoms with Gasteiger partial charge in [0.15, 0.2) is 5.11 Å². The number of piperidine rings is 1. The minimum Gasteiger partial charge on any atom is -0.379 e. The molecule has 120 valence electrons. The van der Waals surface area contributed by atoms with Crippen LogP contribution < -0.4 is 5.32 Å². The molecule has 1 aliphatic carbocycles. The summed E-state index contributed by atoms with van der Waals surface area (Å²) in [6, 6.07) is 0.718. The number of nitrogens with one attached hydrogen (secondary N) is 1. The molecular formula is C16H29N3OS. The molecule has 0 aromatic heterocycles. The van der Waals surface area contributed by atoms with Crippen molar-refractivity contribution < 1.29 is 4.74 Å². The van der Waals surface area contributed by atoms with E-state index in [0.29, 0.717) is 0 Å². The fourth-order valence-corrected chi connectivity index (χ4v) is 4.45. The van der Waals surface area contributed by atoms with E-state index in [4.69, 9.17) is 17.0 Å². The van der Waals surface area contributed by atoms with Gasteiger partial charge in [0.2, 0.25) is 0 Å². The molecule has 3 rings (SSSR count). The van der Waals surface area contributed by atoms with E-state index in [2.05, 4.69) is 15.1 Å². The third-order valence-corrected chi connectivity index (χ3v) is 5.69. The summed E-state index contributed by atoms with van der Waals surface area (Å²) in [5.74, 6) is 0.895. The predicted octanol–water partition coefficient (Wildman–Crippen LogP) is 1.85. The van der Waals surface area contributed by atoms with Crippen molar-refractivity contribution >= 4 is 17.3 Å². The summed E-state index contributed by atoms with van der Waals surface area (Å²) in [6.07, 6.45) is 8.29. The topological polar surface area (TPSA) is 27.7 Å². The zero-order valence-electron chi connectivity index (χ0n) is 13.1. The number of fused-ring (bicyclic) bond motifs is 1. The average Bonchev–Trinajstić information content (AvgIpc) is 2.55. The van der Waals surface area contributed by atoms with Crippen molar-refractivity contribution in [2.45, 2.75) is 44.6 Å². The maximum Gasteiger partial charge on any atom is 0.169 e. The smallest absolute Gasteiger partial charge is 0.169 e. The van der Waals surface area contributed by atoms with Gasteiger partial charge < -0.3 is 15.0 Å². The molecule has 0 amide bonds. The molecule has 21 heavy (non-hydrogen) atoms. The molecule has 0 radical (unpaired) electrons. The average molecular weight is 311 g/mol.